The SMILES string of the molecule is C#Cc1cccc(Nc2ncnc3cccc(CN4CCC(N)C(C(=O)OC)C4)c23)c1. The maximum Gasteiger partial charge on any atom is 0.311 e. The van der Waals surface area contributed by atoms with Gasteiger partial charge in [0.15, 0.2) is 0 Å². The summed E-state index contributed by atoms with van der Waals surface area (Å²) in [6.07, 6.45) is 7.82. The van der Waals surface area contributed by atoms with Crippen LogP contribution in [-0.4, -0.2) is 47.1 Å². The van der Waals surface area contributed by atoms with Crippen molar-refractivity contribution in [1.82, 2.24) is 14.9 Å². The average Bonchev–Trinajstić information content (AvgIpc) is 2.80. The van der Waals surface area contributed by atoms with E-state index in [9.17, 15) is 4.79 Å². The zero-order chi connectivity index (χ0) is 21.8. The molecule has 7 heteroatoms. The number of hydrogen-bond acceptors (Lipinski definition) is 7. The van der Waals surface area contributed by atoms with Gasteiger partial charge in [-0.1, -0.05) is 24.1 Å². The molecule has 2 aromatic carbocycles. The number of methoxy groups -OCH3 is 1. The fourth-order valence-corrected chi connectivity index (χ4v) is 4.05. The summed E-state index contributed by atoms with van der Waals surface area (Å²) in [7, 11) is 1.41. The lowest BCUT2D eigenvalue weighted by atomic mass is 9.92. The van der Waals surface area contributed by atoms with Gasteiger partial charge in [-0.15, -0.1) is 6.42 Å². The number of hydrogen-bond donors (Lipinski definition) is 2. The average molecular weight is 415 g/mol. The highest BCUT2D eigenvalue weighted by molar-refractivity contribution is 5.93. The van der Waals surface area contributed by atoms with Crippen molar-refractivity contribution in [3.63, 3.8) is 0 Å². The van der Waals surface area contributed by atoms with Crippen LogP contribution >= 0.6 is 0 Å². The van der Waals surface area contributed by atoms with E-state index in [1.54, 1.807) is 6.33 Å². The molecule has 158 valence electrons. The van der Waals surface area contributed by atoms with Gasteiger partial charge in [0, 0.05) is 42.3 Å². The Morgan fingerprint density at radius 3 is 2.97 bits per heavy atom. The normalized spacial score (nSPS) is 19.0. The molecule has 31 heavy (non-hydrogen) atoms. The van der Waals surface area contributed by atoms with Crippen LogP contribution in [0.2, 0.25) is 0 Å². The summed E-state index contributed by atoms with van der Waals surface area (Å²) >= 11 is 0. The molecule has 1 aliphatic heterocycles. The topological polar surface area (TPSA) is 93.4 Å². The molecule has 1 aromatic heterocycles. The molecule has 1 fully saturated rings. The summed E-state index contributed by atoms with van der Waals surface area (Å²) in [6.45, 7) is 2.03. The fraction of sp³-hybridized carbons (Fsp3) is 0.292. The van der Waals surface area contributed by atoms with Gasteiger partial charge in [-0.05, 0) is 36.2 Å². The number of esters is 1. The van der Waals surface area contributed by atoms with Crippen LogP contribution in [0.15, 0.2) is 48.8 Å². The Bertz CT molecular complexity index is 1140. The van der Waals surface area contributed by atoms with E-state index < -0.39 is 0 Å². The minimum Gasteiger partial charge on any atom is -0.469 e. The molecule has 4 rings (SSSR count). The molecule has 7 nitrogen and oxygen atoms in total. The van der Waals surface area contributed by atoms with E-state index in [0.29, 0.717) is 18.9 Å². The number of anilines is 2. The molecule has 0 aliphatic carbocycles. The molecule has 2 heterocycles. The summed E-state index contributed by atoms with van der Waals surface area (Å²) in [6, 6.07) is 13.5. The van der Waals surface area contributed by atoms with Crippen molar-refractivity contribution < 1.29 is 9.53 Å². The van der Waals surface area contributed by atoms with Crippen molar-refractivity contribution in [2.45, 2.75) is 19.0 Å². The van der Waals surface area contributed by atoms with Gasteiger partial charge in [0.1, 0.15) is 12.1 Å². The molecule has 3 N–H and O–H groups in total. The number of nitrogens with one attached hydrogen (secondary N) is 1. The molecule has 0 amide bonds. The maximum absolute atomic E-state index is 12.1. The lowest BCUT2D eigenvalue weighted by Gasteiger charge is -2.35. The van der Waals surface area contributed by atoms with E-state index in [4.69, 9.17) is 16.9 Å². The first kappa shape index (κ1) is 20.8. The molecule has 1 aliphatic rings. The van der Waals surface area contributed by atoms with Crippen LogP contribution < -0.4 is 11.1 Å². The predicted molar refractivity (Wildman–Crippen MR) is 121 cm³/mol. The quantitative estimate of drug-likeness (QED) is 0.489. The van der Waals surface area contributed by atoms with Crippen LogP contribution in [0.25, 0.3) is 10.9 Å². The number of ether oxygens (including phenoxy) is 1. The number of piperidine rings is 1. The number of carbonyl (C=O) groups is 1. The number of likely N-dealkylation sites (tertiary alicyclic amines) is 1. The molecular weight excluding hydrogens is 390 g/mol. The molecule has 0 spiro atoms. The maximum atomic E-state index is 12.1. The number of nitrogens with zero attached hydrogens (tertiary/aromatic N) is 3. The highest BCUT2D eigenvalue weighted by Gasteiger charge is 2.33. The van der Waals surface area contributed by atoms with E-state index in [2.05, 4.69) is 32.2 Å². The van der Waals surface area contributed by atoms with Crippen molar-refractivity contribution >= 4 is 28.4 Å². The van der Waals surface area contributed by atoms with E-state index in [1.165, 1.54) is 7.11 Å². The zero-order valence-corrected chi connectivity index (χ0v) is 17.4. The van der Waals surface area contributed by atoms with Gasteiger partial charge >= 0.3 is 5.97 Å². The third-order valence-electron chi connectivity index (χ3n) is 5.69. The molecular formula is C24H25N5O2. The first-order valence-electron chi connectivity index (χ1n) is 10.2. The Kier molecular flexibility index (Phi) is 6.12. The van der Waals surface area contributed by atoms with E-state index >= 15 is 0 Å². The summed E-state index contributed by atoms with van der Waals surface area (Å²) in [4.78, 5) is 23.3. The number of aromatic nitrogens is 2. The number of fused-ring (bicyclic) bond motifs is 1. The highest BCUT2D eigenvalue weighted by atomic mass is 16.5. The first-order valence-corrected chi connectivity index (χ1v) is 10.2. The summed E-state index contributed by atoms with van der Waals surface area (Å²) in [5.41, 5.74) is 9.74. The van der Waals surface area contributed by atoms with Crippen LogP contribution in [0.5, 0.6) is 0 Å². The number of terminal acetylenes is 1. The van der Waals surface area contributed by atoms with Crippen molar-refractivity contribution in [1.29, 1.82) is 0 Å². The molecule has 1 saturated heterocycles. The Balaban J connectivity index is 1.64. The molecule has 3 aromatic rings. The van der Waals surface area contributed by atoms with Gasteiger partial charge in [-0.3, -0.25) is 9.69 Å². The molecule has 2 unspecified atom stereocenters. The fourth-order valence-electron chi connectivity index (χ4n) is 4.05. The van der Waals surface area contributed by atoms with Gasteiger partial charge < -0.3 is 15.8 Å². The molecule has 0 bridgehead atoms. The van der Waals surface area contributed by atoms with Gasteiger partial charge in [0.2, 0.25) is 0 Å². The van der Waals surface area contributed by atoms with Crippen LogP contribution in [0.4, 0.5) is 11.5 Å². The molecule has 2 atom stereocenters. The second-order valence-corrected chi connectivity index (χ2v) is 7.70. The van der Waals surface area contributed by atoms with E-state index in [1.807, 2.05) is 36.4 Å². The van der Waals surface area contributed by atoms with E-state index in [0.717, 1.165) is 40.7 Å². The van der Waals surface area contributed by atoms with Crippen molar-refractivity contribution in [3.8, 4) is 12.3 Å². The van der Waals surface area contributed by atoms with Crippen LogP contribution in [-0.2, 0) is 16.1 Å². The van der Waals surface area contributed by atoms with E-state index in [-0.39, 0.29) is 17.9 Å². The summed E-state index contributed by atoms with van der Waals surface area (Å²) in [5, 5.41) is 4.33. The minimum atomic E-state index is -0.325. The predicted octanol–water partition coefficient (Wildman–Crippen LogP) is 2.68. The molecule has 0 saturated carbocycles. The Morgan fingerprint density at radius 2 is 2.16 bits per heavy atom. The third kappa shape index (κ3) is 4.50. The van der Waals surface area contributed by atoms with Crippen molar-refractivity contribution in [2.75, 3.05) is 25.5 Å². The second kappa shape index (κ2) is 9.13. The van der Waals surface area contributed by atoms with Crippen LogP contribution in [0, 0.1) is 18.3 Å². The van der Waals surface area contributed by atoms with Gasteiger partial charge in [0.25, 0.3) is 0 Å². The number of nitrogens with two attached hydrogens (primary N) is 1. The smallest absolute Gasteiger partial charge is 0.311 e. The Morgan fingerprint density at radius 1 is 1.32 bits per heavy atom. The summed E-state index contributed by atoms with van der Waals surface area (Å²) < 4.78 is 4.94. The second-order valence-electron chi connectivity index (χ2n) is 7.70. The number of rotatable bonds is 5. The first-order chi connectivity index (χ1) is 15.1. The third-order valence-corrected chi connectivity index (χ3v) is 5.69. The van der Waals surface area contributed by atoms with Crippen LogP contribution in [0.1, 0.15) is 17.5 Å². The van der Waals surface area contributed by atoms with Crippen molar-refractivity contribution in [2.24, 2.45) is 11.7 Å². The lowest BCUT2D eigenvalue weighted by Crippen LogP contribution is -2.50. The number of carbonyl (C=O) groups excluding carboxylic acids is 1. The van der Waals surface area contributed by atoms with Gasteiger partial charge in [-0.25, -0.2) is 9.97 Å². The minimum absolute atomic E-state index is 0.180. The zero-order valence-electron chi connectivity index (χ0n) is 17.4. The lowest BCUT2D eigenvalue weighted by molar-refractivity contribution is -0.148. The Hall–Kier alpha value is -3.47. The van der Waals surface area contributed by atoms with Gasteiger partial charge in [-0.2, -0.15) is 0 Å². The number of benzene rings is 2. The highest BCUT2D eigenvalue weighted by Crippen LogP contribution is 2.29. The van der Waals surface area contributed by atoms with Crippen LogP contribution in [0.3, 0.4) is 0 Å². The molecule has 0 radical (unpaired) electrons. The summed E-state index contributed by atoms with van der Waals surface area (Å²) in [5.74, 6) is 2.79. The van der Waals surface area contributed by atoms with Crippen molar-refractivity contribution in [3.05, 3.63) is 59.9 Å². The largest absolute Gasteiger partial charge is 0.469 e. The standard InChI is InChI=1S/C24H25N5O2/c1-3-16-6-4-8-18(12-16)28-23-22-17(7-5-9-21(22)26-15-27-23)13-29-11-10-20(25)19(14-29)24(30)31-2/h1,4-9,12,15,19-20H,10-11,13-14,25H2,2H3,(H,26,27,28). The Labute approximate surface area is 181 Å². The monoisotopic (exact) mass is 415 g/mol. The van der Waals surface area contributed by atoms with Gasteiger partial charge in [0.05, 0.1) is 18.5 Å².